The lowest BCUT2D eigenvalue weighted by molar-refractivity contribution is 0.481. The minimum absolute atomic E-state index is 0.234. The van der Waals surface area contributed by atoms with Crippen molar-refractivity contribution in [3.8, 4) is 0 Å². The van der Waals surface area contributed by atoms with Gasteiger partial charge < -0.3 is 9.80 Å². The first-order chi connectivity index (χ1) is 13.5. The molecule has 2 aliphatic heterocycles. The molecule has 2 saturated heterocycles. The highest BCUT2D eigenvalue weighted by atomic mass is 35.5. The van der Waals surface area contributed by atoms with Crippen LogP contribution >= 0.6 is 11.6 Å². The van der Waals surface area contributed by atoms with Crippen LogP contribution in [-0.2, 0) is 6.54 Å². The number of aryl methyl sites for hydroxylation is 1. The molecule has 1 unspecified atom stereocenters. The van der Waals surface area contributed by atoms with Crippen molar-refractivity contribution in [2.45, 2.75) is 65.5 Å². The van der Waals surface area contributed by atoms with Crippen molar-refractivity contribution < 1.29 is 0 Å². The number of piperidine rings is 1. The molecule has 0 spiro atoms. The van der Waals surface area contributed by atoms with E-state index in [4.69, 9.17) is 16.7 Å². The molecule has 0 N–H and O–H groups in total. The number of aromatic nitrogens is 4. The van der Waals surface area contributed by atoms with Crippen LogP contribution in [0.4, 0.5) is 11.6 Å². The van der Waals surface area contributed by atoms with Crippen molar-refractivity contribution in [2.24, 2.45) is 5.92 Å². The van der Waals surface area contributed by atoms with Crippen molar-refractivity contribution in [1.82, 2.24) is 19.7 Å². The second-order valence-electron chi connectivity index (χ2n) is 8.50. The molecule has 0 bridgehead atoms. The summed E-state index contributed by atoms with van der Waals surface area (Å²) in [5, 5.41) is 5.52. The van der Waals surface area contributed by atoms with E-state index in [2.05, 4.69) is 46.6 Å². The van der Waals surface area contributed by atoms with Crippen LogP contribution in [0, 0.1) is 12.8 Å². The molecule has 1 atom stereocenters. The fourth-order valence-corrected chi connectivity index (χ4v) is 4.91. The van der Waals surface area contributed by atoms with Gasteiger partial charge in [-0.05, 0) is 44.9 Å². The zero-order valence-corrected chi connectivity index (χ0v) is 18.0. The van der Waals surface area contributed by atoms with E-state index in [9.17, 15) is 0 Å². The number of nitrogens with zero attached hydrogens (tertiary/aromatic N) is 6. The minimum atomic E-state index is 0.234. The summed E-state index contributed by atoms with van der Waals surface area (Å²) < 4.78 is 1.96. The Morgan fingerprint density at radius 2 is 1.82 bits per heavy atom. The van der Waals surface area contributed by atoms with Crippen molar-refractivity contribution in [3.05, 3.63) is 28.8 Å². The first-order valence-electron chi connectivity index (χ1n) is 10.6. The molecule has 152 valence electrons. The largest absolute Gasteiger partial charge is 0.356 e. The molecule has 0 amide bonds. The van der Waals surface area contributed by atoms with Crippen LogP contribution in [0.25, 0.3) is 0 Å². The molecular weight excluding hydrogens is 372 g/mol. The summed E-state index contributed by atoms with van der Waals surface area (Å²) in [6.45, 7) is 10.5. The Kier molecular flexibility index (Phi) is 5.76. The summed E-state index contributed by atoms with van der Waals surface area (Å²) in [5.41, 5.74) is 2.20. The van der Waals surface area contributed by atoms with Gasteiger partial charge in [0.25, 0.3) is 0 Å². The van der Waals surface area contributed by atoms with E-state index in [-0.39, 0.29) is 6.04 Å². The van der Waals surface area contributed by atoms with E-state index in [0.717, 1.165) is 67.1 Å². The van der Waals surface area contributed by atoms with Crippen LogP contribution in [-0.4, -0.2) is 39.4 Å². The highest BCUT2D eigenvalue weighted by Gasteiger charge is 2.33. The third-order valence-electron chi connectivity index (χ3n) is 5.85. The normalized spacial score (nSPS) is 20.4. The van der Waals surface area contributed by atoms with Gasteiger partial charge in [-0.25, -0.2) is 9.97 Å². The van der Waals surface area contributed by atoms with Crippen LogP contribution < -0.4 is 9.80 Å². The lowest BCUT2D eigenvalue weighted by Crippen LogP contribution is -2.31. The highest BCUT2D eigenvalue weighted by molar-refractivity contribution is 6.30. The van der Waals surface area contributed by atoms with Crippen LogP contribution in [0.5, 0.6) is 0 Å². The summed E-state index contributed by atoms with van der Waals surface area (Å²) in [4.78, 5) is 14.0. The van der Waals surface area contributed by atoms with E-state index in [1.54, 1.807) is 6.33 Å². The Labute approximate surface area is 172 Å². The zero-order valence-electron chi connectivity index (χ0n) is 17.2. The predicted molar refractivity (Wildman–Crippen MR) is 114 cm³/mol. The van der Waals surface area contributed by atoms with Gasteiger partial charge in [0.1, 0.15) is 23.1 Å². The predicted octanol–water partition coefficient (Wildman–Crippen LogP) is 4.62. The molecule has 2 fully saturated rings. The maximum absolute atomic E-state index is 6.79. The van der Waals surface area contributed by atoms with Crippen molar-refractivity contribution in [1.29, 1.82) is 0 Å². The molecule has 2 aromatic rings. The molecule has 7 heteroatoms. The summed E-state index contributed by atoms with van der Waals surface area (Å²) in [7, 11) is 0. The molecule has 4 heterocycles. The molecule has 2 aromatic heterocycles. The van der Waals surface area contributed by atoms with Gasteiger partial charge >= 0.3 is 0 Å². The van der Waals surface area contributed by atoms with Crippen LogP contribution in [0.3, 0.4) is 0 Å². The average Bonchev–Trinajstić information content (AvgIpc) is 3.27. The highest BCUT2D eigenvalue weighted by Crippen LogP contribution is 2.40. The second kappa shape index (κ2) is 8.27. The SMILES string of the molecule is Cc1nn(CC(C)C)c(Cl)c1C1CCCN1c1cc(N2CCCCC2)ncn1. The zero-order chi connectivity index (χ0) is 19.7. The molecular formula is C21H31ClN6. The quantitative estimate of drug-likeness (QED) is 0.730. The number of rotatable bonds is 5. The summed E-state index contributed by atoms with van der Waals surface area (Å²) in [6.07, 6.45) is 7.74. The minimum Gasteiger partial charge on any atom is -0.356 e. The average molecular weight is 403 g/mol. The topological polar surface area (TPSA) is 50.1 Å². The maximum atomic E-state index is 6.79. The van der Waals surface area contributed by atoms with E-state index >= 15 is 0 Å². The summed E-state index contributed by atoms with van der Waals surface area (Å²) >= 11 is 6.79. The van der Waals surface area contributed by atoms with Gasteiger partial charge in [0.05, 0.1) is 11.7 Å². The third-order valence-corrected chi connectivity index (χ3v) is 6.24. The smallest absolute Gasteiger partial charge is 0.134 e. The lowest BCUT2D eigenvalue weighted by atomic mass is 10.1. The van der Waals surface area contributed by atoms with Gasteiger partial charge in [-0.15, -0.1) is 0 Å². The van der Waals surface area contributed by atoms with Gasteiger partial charge in [-0.2, -0.15) is 5.10 Å². The molecule has 2 aliphatic rings. The second-order valence-corrected chi connectivity index (χ2v) is 8.86. The monoisotopic (exact) mass is 402 g/mol. The van der Waals surface area contributed by atoms with E-state index in [0.29, 0.717) is 5.92 Å². The van der Waals surface area contributed by atoms with E-state index in [1.807, 2.05) is 4.68 Å². The Morgan fingerprint density at radius 3 is 2.57 bits per heavy atom. The fourth-order valence-electron chi connectivity index (χ4n) is 4.54. The molecule has 0 saturated carbocycles. The molecule has 0 aliphatic carbocycles. The molecule has 0 aromatic carbocycles. The number of halogens is 1. The van der Waals surface area contributed by atoms with Gasteiger partial charge in [-0.1, -0.05) is 25.4 Å². The van der Waals surface area contributed by atoms with Gasteiger partial charge in [0, 0.05) is 37.8 Å². The van der Waals surface area contributed by atoms with Crippen LogP contribution in [0.15, 0.2) is 12.4 Å². The van der Waals surface area contributed by atoms with E-state index < -0.39 is 0 Å². The number of anilines is 2. The standard InChI is InChI=1S/C21H31ClN6/c1-15(2)13-28-21(22)20(16(3)25-28)17-8-7-11-27(17)19-12-18(23-14-24-19)26-9-5-4-6-10-26/h12,14-15,17H,4-11,13H2,1-3H3. The number of hydrogen-bond acceptors (Lipinski definition) is 5. The van der Waals surface area contributed by atoms with Gasteiger partial charge in [-0.3, -0.25) is 4.68 Å². The molecule has 6 nitrogen and oxygen atoms in total. The lowest BCUT2D eigenvalue weighted by Gasteiger charge is -2.30. The molecule has 0 radical (unpaired) electrons. The Morgan fingerprint density at radius 1 is 1.07 bits per heavy atom. The summed E-state index contributed by atoms with van der Waals surface area (Å²) in [6, 6.07) is 2.39. The maximum Gasteiger partial charge on any atom is 0.134 e. The fraction of sp³-hybridized carbons (Fsp3) is 0.667. The first-order valence-corrected chi connectivity index (χ1v) is 11.0. The van der Waals surface area contributed by atoms with Crippen LogP contribution in [0.1, 0.15) is 63.3 Å². The Bertz CT molecular complexity index is 811. The van der Waals surface area contributed by atoms with Crippen molar-refractivity contribution >= 4 is 23.2 Å². The van der Waals surface area contributed by atoms with Crippen molar-refractivity contribution in [3.63, 3.8) is 0 Å². The van der Waals surface area contributed by atoms with E-state index in [1.165, 1.54) is 19.3 Å². The van der Waals surface area contributed by atoms with Gasteiger partial charge in [0.15, 0.2) is 0 Å². The van der Waals surface area contributed by atoms with Gasteiger partial charge in [0.2, 0.25) is 0 Å². The number of hydrogen-bond donors (Lipinski definition) is 0. The third kappa shape index (κ3) is 3.84. The Balaban J connectivity index is 1.62. The molecule has 4 rings (SSSR count). The van der Waals surface area contributed by atoms with Crippen LogP contribution in [0.2, 0.25) is 5.15 Å². The first kappa shape index (κ1) is 19.5. The van der Waals surface area contributed by atoms with Crippen molar-refractivity contribution in [2.75, 3.05) is 29.4 Å². The Hall–Kier alpha value is -1.82. The molecule has 28 heavy (non-hydrogen) atoms. The summed E-state index contributed by atoms with van der Waals surface area (Å²) in [5.74, 6) is 2.57.